The number of carbonyl (C=O) groups is 3. The molecule has 0 unspecified atom stereocenters. The number of rotatable bonds is 8. The van der Waals surface area contributed by atoms with E-state index in [0.717, 1.165) is 37.3 Å². The van der Waals surface area contributed by atoms with Crippen LogP contribution in [0.3, 0.4) is 0 Å². The van der Waals surface area contributed by atoms with Crippen LogP contribution in [0.2, 0.25) is 0 Å². The second kappa shape index (κ2) is 11.7. The molecule has 6 heteroatoms. The molecule has 0 radical (unpaired) electrons. The predicted octanol–water partition coefficient (Wildman–Crippen LogP) is 6.70. The molecule has 3 rings (SSSR count). The second-order valence-electron chi connectivity index (χ2n) is 9.37. The van der Waals surface area contributed by atoms with Crippen molar-refractivity contribution in [2.75, 3.05) is 0 Å². The molecule has 188 valence electrons. The fourth-order valence-corrected chi connectivity index (χ4v) is 4.11. The highest BCUT2D eigenvalue weighted by atomic mass is 16.5. The van der Waals surface area contributed by atoms with Gasteiger partial charge in [0.1, 0.15) is 17.2 Å². The van der Waals surface area contributed by atoms with Gasteiger partial charge in [-0.25, -0.2) is 14.4 Å². The molecule has 0 amide bonds. The molecule has 0 bridgehead atoms. The van der Waals surface area contributed by atoms with E-state index in [1.165, 1.54) is 13.0 Å². The molecule has 0 N–H and O–H groups in total. The molecule has 0 saturated heterocycles. The SMILES string of the molecule is C=CC(=O)Oc1cc(OC(=O)C(=C)C)cc(-c2ccc(C3CCC(C)CC3)c(OC(=O)C(=C)C)c2)c1. The van der Waals surface area contributed by atoms with Crippen molar-refractivity contribution < 1.29 is 28.6 Å². The first-order valence-electron chi connectivity index (χ1n) is 12.0. The first-order valence-corrected chi connectivity index (χ1v) is 12.0. The fraction of sp³-hybridized carbons (Fsp3) is 0.300. The van der Waals surface area contributed by atoms with Crippen LogP contribution in [0.25, 0.3) is 11.1 Å². The Labute approximate surface area is 212 Å². The summed E-state index contributed by atoms with van der Waals surface area (Å²) in [4.78, 5) is 36.4. The van der Waals surface area contributed by atoms with Gasteiger partial charge < -0.3 is 14.2 Å². The molecule has 0 atom stereocenters. The van der Waals surface area contributed by atoms with Crippen molar-refractivity contribution in [2.45, 2.75) is 52.4 Å². The maximum Gasteiger partial charge on any atom is 0.338 e. The predicted molar refractivity (Wildman–Crippen MR) is 139 cm³/mol. The minimum Gasteiger partial charge on any atom is -0.423 e. The summed E-state index contributed by atoms with van der Waals surface area (Å²) in [6.07, 6.45) is 5.32. The van der Waals surface area contributed by atoms with Gasteiger partial charge in [0.15, 0.2) is 0 Å². The van der Waals surface area contributed by atoms with Crippen molar-refractivity contribution in [3.05, 3.63) is 78.9 Å². The van der Waals surface area contributed by atoms with E-state index < -0.39 is 17.9 Å². The summed E-state index contributed by atoms with van der Waals surface area (Å²) in [5, 5.41) is 0. The molecule has 2 aromatic rings. The Hall–Kier alpha value is -3.93. The monoisotopic (exact) mass is 488 g/mol. The molecule has 2 aromatic carbocycles. The third kappa shape index (κ3) is 6.81. The third-order valence-corrected chi connectivity index (χ3v) is 6.18. The summed E-state index contributed by atoms with van der Waals surface area (Å²) < 4.78 is 16.4. The van der Waals surface area contributed by atoms with Crippen LogP contribution in [0.4, 0.5) is 0 Å². The topological polar surface area (TPSA) is 78.9 Å². The molecule has 0 aromatic heterocycles. The highest BCUT2D eigenvalue weighted by molar-refractivity contribution is 5.90. The van der Waals surface area contributed by atoms with E-state index in [-0.39, 0.29) is 23.0 Å². The van der Waals surface area contributed by atoms with Crippen molar-refractivity contribution in [3.63, 3.8) is 0 Å². The van der Waals surface area contributed by atoms with Crippen molar-refractivity contribution in [1.29, 1.82) is 0 Å². The molecular weight excluding hydrogens is 456 g/mol. The van der Waals surface area contributed by atoms with Crippen LogP contribution >= 0.6 is 0 Å². The lowest BCUT2D eigenvalue weighted by Crippen LogP contribution is -2.14. The molecule has 1 aliphatic carbocycles. The van der Waals surface area contributed by atoms with E-state index in [9.17, 15) is 14.4 Å². The number of ether oxygens (including phenoxy) is 3. The molecular formula is C30H32O6. The van der Waals surface area contributed by atoms with Crippen LogP contribution in [0.5, 0.6) is 17.2 Å². The van der Waals surface area contributed by atoms with E-state index in [0.29, 0.717) is 28.4 Å². The lowest BCUT2D eigenvalue weighted by molar-refractivity contribution is -0.131. The zero-order chi connectivity index (χ0) is 26.4. The maximum absolute atomic E-state index is 12.4. The molecule has 6 nitrogen and oxygen atoms in total. The van der Waals surface area contributed by atoms with Gasteiger partial charge >= 0.3 is 17.9 Å². The van der Waals surface area contributed by atoms with Gasteiger partial charge in [-0.2, -0.15) is 0 Å². The van der Waals surface area contributed by atoms with Crippen LogP contribution < -0.4 is 14.2 Å². The van der Waals surface area contributed by atoms with Crippen molar-refractivity contribution >= 4 is 17.9 Å². The number of carbonyl (C=O) groups excluding carboxylic acids is 3. The molecule has 0 aliphatic heterocycles. The lowest BCUT2D eigenvalue weighted by Gasteiger charge is -2.28. The van der Waals surface area contributed by atoms with Gasteiger partial charge in [-0.05, 0) is 73.4 Å². The minimum absolute atomic E-state index is 0.174. The Morgan fingerprint density at radius 1 is 0.806 bits per heavy atom. The van der Waals surface area contributed by atoms with Gasteiger partial charge in [0, 0.05) is 23.3 Å². The summed E-state index contributed by atoms with van der Waals surface area (Å²) in [5.74, 6) is 0.0362. The van der Waals surface area contributed by atoms with Crippen LogP contribution in [-0.2, 0) is 14.4 Å². The first-order chi connectivity index (χ1) is 17.1. The van der Waals surface area contributed by atoms with Crippen LogP contribution in [-0.4, -0.2) is 17.9 Å². The molecule has 1 saturated carbocycles. The zero-order valence-corrected chi connectivity index (χ0v) is 21.1. The number of hydrogen-bond donors (Lipinski definition) is 0. The summed E-state index contributed by atoms with van der Waals surface area (Å²) >= 11 is 0. The Bertz CT molecular complexity index is 1210. The molecule has 36 heavy (non-hydrogen) atoms. The molecule has 0 spiro atoms. The van der Waals surface area contributed by atoms with Crippen LogP contribution in [0.1, 0.15) is 57.9 Å². The van der Waals surface area contributed by atoms with Gasteiger partial charge in [0.2, 0.25) is 0 Å². The van der Waals surface area contributed by atoms with Crippen LogP contribution in [0.15, 0.2) is 73.4 Å². The number of esters is 3. The Morgan fingerprint density at radius 2 is 1.39 bits per heavy atom. The molecule has 1 fully saturated rings. The van der Waals surface area contributed by atoms with E-state index in [1.807, 2.05) is 12.1 Å². The average Bonchev–Trinajstić information content (AvgIpc) is 2.84. The Morgan fingerprint density at radius 3 is 1.97 bits per heavy atom. The van der Waals surface area contributed by atoms with Crippen molar-refractivity contribution in [2.24, 2.45) is 5.92 Å². The van der Waals surface area contributed by atoms with Gasteiger partial charge in [0.05, 0.1) is 0 Å². The molecule has 1 aliphatic rings. The zero-order valence-electron chi connectivity index (χ0n) is 21.1. The summed E-state index contributed by atoms with van der Waals surface area (Å²) in [6.45, 7) is 16.1. The Kier molecular flexibility index (Phi) is 8.64. The van der Waals surface area contributed by atoms with Gasteiger partial charge in [-0.3, -0.25) is 0 Å². The third-order valence-electron chi connectivity index (χ3n) is 6.18. The highest BCUT2D eigenvalue weighted by Crippen LogP contribution is 2.42. The van der Waals surface area contributed by atoms with Gasteiger partial charge in [-0.1, -0.05) is 51.6 Å². The highest BCUT2D eigenvalue weighted by Gasteiger charge is 2.24. The van der Waals surface area contributed by atoms with Gasteiger partial charge in [-0.15, -0.1) is 0 Å². The normalized spacial score (nSPS) is 17.0. The van der Waals surface area contributed by atoms with E-state index in [4.69, 9.17) is 14.2 Å². The van der Waals surface area contributed by atoms with Crippen molar-refractivity contribution in [3.8, 4) is 28.4 Å². The number of benzene rings is 2. The second-order valence-corrected chi connectivity index (χ2v) is 9.37. The minimum atomic E-state index is -0.651. The van der Waals surface area contributed by atoms with E-state index >= 15 is 0 Å². The first kappa shape index (κ1) is 26.7. The fourth-order valence-electron chi connectivity index (χ4n) is 4.11. The van der Waals surface area contributed by atoms with Gasteiger partial charge in [0.25, 0.3) is 0 Å². The lowest BCUT2D eigenvalue weighted by atomic mass is 9.79. The maximum atomic E-state index is 12.4. The van der Waals surface area contributed by atoms with Crippen LogP contribution in [0, 0.1) is 5.92 Å². The standard InChI is InChI=1S/C30H32O6/c1-7-28(31)34-24-14-23(15-25(17-24)35-29(32)18(2)3)22-12-13-26(21-10-8-20(6)9-11-21)27(16-22)36-30(33)19(4)5/h7,12-17,20-21H,1-2,4,8-11H2,3,5-6H3. The average molecular weight is 489 g/mol. The van der Waals surface area contributed by atoms with E-state index in [1.54, 1.807) is 25.1 Å². The van der Waals surface area contributed by atoms with Crippen molar-refractivity contribution in [1.82, 2.24) is 0 Å². The summed E-state index contributed by atoms with van der Waals surface area (Å²) in [6, 6.07) is 10.4. The van der Waals surface area contributed by atoms with E-state index in [2.05, 4.69) is 26.7 Å². The summed E-state index contributed by atoms with van der Waals surface area (Å²) in [7, 11) is 0. The number of hydrogen-bond acceptors (Lipinski definition) is 6. The largest absolute Gasteiger partial charge is 0.423 e. The smallest absolute Gasteiger partial charge is 0.338 e. The quantitative estimate of drug-likeness (QED) is 0.234. The molecule has 0 heterocycles. The Balaban J connectivity index is 2.06. The summed E-state index contributed by atoms with van der Waals surface area (Å²) in [5.41, 5.74) is 2.80.